The molecule has 1 atom stereocenters. The molecule has 1 unspecified atom stereocenters. The molecule has 0 aliphatic carbocycles. The number of halogens is 1. The summed E-state index contributed by atoms with van der Waals surface area (Å²) in [5.41, 5.74) is 2.20. The summed E-state index contributed by atoms with van der Waals surface area (Å²) in [7, 11) is 0. The van der Waals surface area contributed by atoms with Gasteiger partial charge in [0.1, 0.15) is 11.1 Å². The topological polar surface area (TPSA) is 22.1 Å². The number of rotatable bonds is 2. The molecule has 0 bridgehead atoms. The molecule has 1 aliphatic rings. The van der Waals surface area contributed by atoms with Gasteiger partial charge in [0.2, 0.25) is 0 Å². The lowest BCUT2D eigenvalue weighted by Gasteiger charge is -2.19. The lowest BCUT2D eigenvalue weighted by molar-refractivity contribution is 0.0756. The number of nitrogens with zero attached hydrogens (tertiary/aromatic N) is 1. The highest BCUT2D eigenvalue weighted by Crippen LogP contribution is 2.31. The van der Waals surface area contributed by atoms with E-state index in [2.05, 4.69) is 33.4 Å². The number of hydrogen-bond acceptors (Lipinski definition) is 4. The van der Waals surface area contributed by atoms with E-state index in [-0.39, 0.29) is 6.10 Å². The van der Waals surface area contributed by atoms with Crippen molar-refractivity contribution < 1.29 is 4.74 Å². The van der Waals surface area contributed by atoms with Gasteiger partial charge in [0.05, 0.1) is 12.3 Å². The Balaban J connectivity index is 1.82. The summed E-state index contributed by atoms with van der Waals surface area (Å²) in [6.45, 7) is 0.836. The van der Waals surface area contributed by atoms with Crippen molar-refractivity contribution in [3.8, 4) is 11.3 Å². The fourth-order valence-corrected chi connectivity index (χ4v) is 3.91. The van der Waals surface area contributed by atoms with E-state index < -0.39 is 0 Å². The first-order valence-electron chi connectivity index (χ1n) is 5.73. The highest BCUT2D eigenvalue weighted by Gasteiger charge is 2.19. The summed E-state index contributed by atoms with van der Waals surface area (Å²) in [6, 6.07) is 8.25. The zero-order valence-corrected chi connectivity index (χ0v) is 12.9. The SMILES string of the molecule is Brc1ccc(-c2csc(C3CSCCO3)n2)cc1. The van der Waals surface area contributed by atoms with E-state index in [1.165, 1.54) is 0 Å². The van der Waals surface area contributed by atoms with E-state index in [4.69, 9.17) is 9.72 Å². The van der Waals surface area contributed by atoms with Gasteiger partial charge in [-0.2, -0.15) is 11.8 Å². The van der Waals surface area contributed by atoms with Crippen LogP contribution >= 0.6 is 39.0 Å². The van der Waals surface area contributed by atoms with Crippen molar-refractivity contribution in [3.05, 3.63) is 39.1 Å². The Morgan fingerprint density at radius 1 is 1.28 bits per heavy atom. The summed E-state index contributed by atoms with van der Waals surface area (Å²) >= 11 is 7.08. The fourth-order valence-electron chi connectivity index (χ4n) is 1.82. The number of thioether (sulfide) groups is 1. The summed E-state index contributed by atoms with van der Waals surface area (Å²) in [4.78, 5) is 4.70. The van der Waals surface area contributed by atoms with E-state index >= 15 is 0 Å². The number of hydrogen-bond donors (Lipinski definition) is 0. The predicted octanol–water partition coefficient (Wildman–Crippen LogP) is 4.38. The van der Waals surface area contributed by atoms with Crippen LogP contribution < -0.4 is 0 Å². The molecule has 5 heteroatoms. The van der Waals surface area contributed by atoms with Crippen LogP contribution in [0.4, 0.5) is 0 Å². The Bertz CT molecular complexity index is 520. The maximum atomic E-state index is 5.75. The van der Waals surface area contributed by atoms with Gasteiger partial charge in [-0.1, -0.05) is 28.1 Å². The average Bonchev–Trinajstić information content (AvgIpc) is 2.90. The number of thiazole rings is 1. The molecule has 2 aromatic rings. The molecular formula is C13H12BrNOS2. The maximum absolute atomic E-state index is 5.75. The minimum Gasteiger partial charge on any atom is -0.369 e. The van der Waals surface area contributed by atoms with Crippen molar-refractivity contribution in [1.29, 1.82) is 0 Å². The van der Waals surface area contributed by atoms with E-state index in [1.54, 1.807) is 11.3 Å². The lowest BCUT2D eigenvalue weighted by atomic mass is 10.2. The summed E-state index contributed by atoms with van der Waals surface area (Å²) in [5.74, 6) is 2.12. The lowest BCUT2D eigenvalue weighted by Crippen LogP contribution is -2.15. The number of benzene rings is 1. The Morgan fingerprint density at radius 2 is 2.11 bits per heavy atom. The van der Waals surface area contributed by atoms with Crippen LogP contribution in [0.3, 0.4) is 0 Å². The summed E-state index contributed by atoms with van der Waals surface area (Å²) in [5, 5.41) is 3.21. The van der Waals surface area contributed by atoms with Gasteiger partial charge in [0.15, 0.2) is 0 Å². The molecule has 1 fully saturated rings. The highest BCUT2D eigenvalue weighted by molar-refractivity contribution is 9.10. The molecule has 2 heterocycles. The first-order chi connectivity index (χ1) is 8.83. The molecule has 3 rings (SSSR count). The first-order valence-corrected chi connectivity index (χ1v) is 8.56. The minimum absolute atomic E-state index is 0.179. The Hall–Kier alpha value is -0.360. The second-order valence-electron chi connectivity index (χ2n) is 4.01. The number of ether oxygens (including phenoxy) is 1. The zero-order chi connectivity index (χ0) is 12.4. The van der Waals surface area contributed by atoms with Gasteiger partial charge in [0, 0.05) is 26.9 Å². The van der Waals surface area contributed by atoms with Crippen LogP contribution in [0.5, 0.6) is 0 Å². The Labute approximate surface area is 123 Å². The van der Waals surface area contributed by atoms with Crippen molar-refractivity contribution in [2.45, 2.75) is 6.10 Å². The molecule has 1 aromatic heterocycles. The standard InChI is InChI=1S/C13H12BrNOS2/c14-10-3-1-9(2-4-10)11-7-18-13(15-11)12-8-17-6-5-16-12/h1-4,7,12H,5-6,8H2. The van der Waals surface area contributed by atoms with Gasteiger partial charge in [-0.15, -0.1) is 11.3 Å². The average molecular weight is 342 g/mol. The summed E-state index contributed by atoms with van der Waals surface area (Å²) in [6.07, 6.45) is 0.179. The van der Waals surface area contributed by atoms with Crippen LogP contribution in [0, 0.1) is 0 Å². The van der Waals surface area contributed by atoms with Gasteiger partial charge < -0.3 is 4.74 Å². The molecule has 1 aliphatic heterocycles. The van der Waals surface area contributed by atoms with Crippen LogP contribution in [0.2, 0.25) is 0 Å². The third-order valence-corrected chi connectivity index (χ3v) is 5.21. The molecule has 94 valence electrons. The molecule has 2 nitrogen and oxygen atoms in total. The van der Waals surface area contributed by atoms with Crippen molar-refractivity contribution in [2.24, 2.45) is 0 Å². The van der Waals surface area contributed by atoms with Crippen molar-refractivity contribution in [1.82, 2.24) is 4.98 Å². The normalized spacial score (nSPS) is 19.9. The molecule has 0 spiro atoms. The van der Waals surface area contributed by atoms with Gasteiger partial charge in [-0.05, 0) is 12.1 Å². The van der Waals surface area contributed by atoms with E-state index in [0.717, 1.165) is 38.9 Å². The summed E-state index contributed by atoms with van der Waals surface area (Å²) < 4.78 is 6.84. The molecule has 1 aromatic carbocycles. The van der Waals surface area contributed by atoms with Crippen molar-refractivity contribution >= 4 is 39.0 Å². The minimum atomic E-state index is 0.179. The Morgan fingerprint density at radius 3 is 2.83 bits per heavy atom. The predicted molar refractivity (Wildman–Crippen MR) is 81.3 cm³/mol. The molecule has 0 saturated carbocycles. The molecule has 0 radical (unpaired) electrons. The van der Waals surface area contributed by atoms with Crippen LogP contribution in [-0.4, -0.2) is 23.1 Å². The van der Waals surface area contributed by atoms with Crippen LogP contribution in [0.1, 0.15) is 11.1 Å². The van der Waals surface area contributed by atoms with Crippen molar-refractivity contribution in [2.75, 3.05) is 18.1 Å². The Kier molecular flexibility index (Phi) is 4.03. The maximum Gasteiger partial charge on any atom is 0.123 e. The third-order valence-electron chi connectivity index (χ3n) is 2.75. The largest absolute Gasteiger partial charge is 0.369 e. The van der Waals surface area contributed by atoms with E-state index in [9.17, 15) is 0 Å². The quantitative estimate of drug-likeness (QED) is 0.809. The second-order valence-corrected chi connectivity index (χ2v) is 6.97. The first kappa shape index (κ1) is 12.7. The van der Waals surface area contributed by atoms with Gasteiger partial charge >= 0.3 is 0 Å². The number of aromatic nitrogens is 1. The zero-order valence-electron chi connectivity index (χ0n) is 9.64. The van der Waals surface area contributed by atoms with Gasteiger partial charge in [-0.25, -0.2) is 4.98 Å². The smallest absolute Gasteiger partial charge is 0.123 e. The third kappa shape index (κ3) is 2.79. The van der Waals surface area contributed by atoms with Crippen LogP contribution in [0.25, 0.3) is 11.3 Å². The van der Waals surface area contributed by atoms with E-state index in [0.29, 0.717) is 0 Å². The van der Waals surface area contributed by atoms with Crippen LogP contribution in [-0.2, 0) is 4.74 Å². The molecule has 0 amide bonds. The van der Waals surface area contributed by atoms with E-state index in [1.807, 2.05) is 23.9 Å². The molecule has 0 N–H and O–H groups in total. The van der Waals surface area contributed by atoms with Gasteiger partial charge in [-0.3, -0.25) is 0 Å². The fraction of sp³-hybridized carbons (Fsp3) is 0.308. The monoisotopic (exact) mass is 341 g/mol. The molecular weight excluding hydrogens is 330 g/mol. The van der Waals surface area contributed by atoms with Crippen molar-refractivity contribution in [3.63, 3.8) is 0 Å². The molecule has 18 heavy (non-hydrogen) atoms. The van der Waals surface area contributed by atoms with Gasteiger partial charge in [0.25, 0.3) is 0 Å². The highest BCUT2D eigenvalue weighted by atomic mass is 79.9. The molecule has 1 saturated heterocycles. The second kappa shape index (κ2) is 5.74. The van der Waals surface area contributed by atoms with Crippen LogP contribution in [0.15, 0.2) is 34.1 Å².